The summed E-state index contributed by atoms with van der Waals surface area (Å²) in [5.41, 5.74) is 0.346. The Balaban J connectivity index is 2.15. The zero-order valence-corrected chi connectivity index (χ0v) is 12.5. The zero-order chi connectivity index (χ0) is 14.9. The molecule has 108 valence electrons. The van der Waals surface area contributed by atoms with E-state index >= 15 is 0 Å². The Bertz CT molecular complexity index is 558. The third-order valence-electron chi connectivity index (χ3n) is 3.01. The highest BCUT2D eigenvalue weighted by molar-refractivity contribution is 9.10. The first-order chi connectivity index (χ1) is 9.40. The number of hydrogen-bond donors (Lipinski definition) is 2. The zero-order valence-electron chi connectivity index (χ0n) is 10.1. The molecule has 1 aliphatic heterocycles. The molecule has 0 saturated carbocycles. The van der Waals surface area contributed by atoms with Gasteiger partial charge in [-0.1, -0.05) is 17.7 Å². The number of carboxylic acid groups (broad SMARTS) is 1. The Morgan fingerprint density at radius 1 is 1.50 bits per heavy atom. The molecule has 8 heteroatoms. The number of nitrogens with zero attached hydrogens (tertiary/aromatic N) is 1. The Morgan fingerprint density at radius 3 is 2.85 bits per heavy atom. The molecule has 20 heavy (non-hydrogen) atoms. The maximum absolute atomic E-state index is 13.3. The van der Waals surface area contributed by atoms with E-state index in [1.807, 2.05) is 0 Å². The fraction of sp³-hybridized carbons (Fsp3) is 0.333. The quantitative estimate of drug-likeness (QED) is 0.846. The molecule has 1 aromatic carbocycles. The molecular formula is C12H11BrClFN2O3. The first-order valence-electron chi connectivity index (χ1n) is 5.78. The lowest BCUT2D eigenvalue weighted by Gasteiger charge is -2.20. The van der Waals surface area contributed by atoms with Crippen LogP contribution in [0.4, 0.5) is 14.9 Å². The minimum absolute atomic E-state index is 0.149. The second-order valence-corrected chi connectivity index (χ2v) is 5.61. The highest BCUT2D eigenvalue weighted by Crippen LogP contribution is 2.31. The lowest BCUT2D eigenvalue weighted by atomic mass is 10.2. The van der Waals surface area contributed by atoms with E-state index in [1.54, 1.807) is 18.2 Å². The number of alkyl halides is 1. The van der Waals surface area contributed by atoms with E-state index in [9.17, 15) is 14.0 Å². The van der Waals surface area contributed by atoms with Crippen LogP contribution in [-0.4, -0.2) is 40.8 Å². The predicted molar refractivity (Wildman–Crippen MR) is 75.8 cm³/mol. The van der Waals surface area contributed by atoms with Crippen molar-refractivity contribution in [2.75, 3.05) is 11.9 Å². The van der Waals surface area contributed by atoms with Crippen molar-refractivity contribution >= 4 is 45.2 Å². The molecule has 0 aliphatic carbocycles. The average molecular weight is 366 g/mol. The van der Waals surface area contributed by atoms with Crippen LogP contribution in [0.1, 0.15) is 6.42 Å². The van der Waals surface area contributed by atoms with E-state index in [0.717, 1.165) is 4.90 Å². The van der Waals surface area contributed by atoms with Gasteiger partial charge in [0.05, 0.1) is 17.3 Å². The van der Waals surface area contributed by atoms with Gasteiger partial charge in [0, 0.05) is 10.9 Å². The number of hydrogen-bond acceptors (Lipinski definition) is 2. The average Bonchev–Trinajstić information content (AvgIpc) is 2.77. The molecule has 5 nitrogen and oxygen atoms in total. The summed E-state index contributed by atoms with van der Waals surface area (Å²) in [6.45, 7) is -0.292. The maximum atomic E-state index is 13.3. The number of carbonyl (C=O) groups is 2. The smallest absolute Gasteiger partial charge is 0.408 e. The minimum atomic E-state index is -1.33. The number of halogens is 3. The summed E-state index contributed by atoms with van der Waals surface area (Å²) >= 11 is 9.22. The molecule has 2 atom stereocenters. The van der Waals surface area contributed by atoms with Crippen LogP contribution >= 0.6 is 27.5 Å². The number of amides is 2. The molecule has 1 aliphatic rings. The molecule has 2 rings (SSSR count). The van der Waals surface area contributed by atoms with Gasteiger partial charge in [-0.2, -0.15) is 0 Å². The van der Waals surface area contributed by atoms with Crippen molar-refractivity contribution < 1.29 is 19.1 Å². The van der Waals surface area contributed by atoms with Crippen LogP contribution in [0.5, 0.6) is 0 Å². The van der Waals surface area contributed by atoms with Crippen LogP contribution in [0.15, 0.2) is 22.7 Å². The van der Waals surface area contributed by atoms with Crippen molar-refractivity contribution in [3.63, 3.8) is 0 Å². The summed E-state index contributed by atoms with van der Waals surface area (Å²) in [6.07, 6.45) is -2.80. The van der Waals surface area contributed by atoms with Gasteiger partial charge in [-0.3, -0.25) is 9.69 Å². The lowest BCUT2D eigenvalue weighted by Crippen LogP contribution is -2.42. The van der Waals surface area contributed by atoms with Crippen molar-refractivity contribution in [1.29, 1.82) is 0 Å². The first-order valence-corrected chi connectivity index (χ1v) is 6.95. The number of carbonyl (C=O) groups excluding carboxylic acids is 1. The number of rotatable bonds is 2. The maximum Gasteiger partial charge on any atom is 0.408 e. The Kier molecular flexibility index (Phi) is 4.49. The van der Waals surface area contributed by atoms with Crippen molar-refractivity contribution in [2.24, 2.45) is 0 Å². The summed E-state index contributed by atoms with van der Waals surface area (Å²) in [7, 11) is 0. The fourth-order valence-corrected chi connectivity index (χ4v) is 2.60. The second kappa shape index (κ2) is 5.97. The molecule has 0 unspecified atom stereocenters. The van der Waals surface area contributed by atoms with E-state index in [-0.39, 0.29) is 13.0 Å². The summed E-state index contributed by atoms with van der Waals surface area (Å²) in [5, 5.41) is 11.8. The second-order valence-electron chi connectivity index (χ2n) is 4.37. The highest BCUT2D eigenvalue weighted by atomic mass is 79.9. The standard InChI is InChI=1S/C12H11BrClFN2O3/c13-7-2-1-3-8(10(7)14)16-11(18)9-4-6(15)5-17(9)12(19)20/h1-3,6,9H,4-5H2,(H,16,18)(H,19,20)/t6-,9+/m1/s1. The summed E-state index contributed by atoms with van der Waals surface area (Å²) < 4.78 is 13.9. The SMILES string of the molecule is O=C(Nc1cccc(Br)c1Cl)[C@@H]1C[C@@H](F)CN1C(=O)O. The van der Waals surface area contributed by atoms with Gasteiger partial charge in [0.1, 0.15) is 12.2 Å². The van der Waals surface area contributed by atoms with Crippen molar-refractivity contribution in [1.82, 2.24) is 4.90 Å². The van der Waals surface area contributed by atoms with E-state index in [2.05, 4.69) is 21.2 Å². The largest absolute Gasteiger partial charge is 0.465 e. The molecule has 1 fully saturated rings. The van der Waals surface area contributed by atoms with Crippen LogP contribution in [0.2, 0.25) is 5.02 Å². The van der Waals surface area contributed by atoms with Gasteiger partial charge in [0.2, 0.25) is 5.91 Å². The number of likely N-dealkylation sites (tertiary alicyclic amines) is 1. The Morgan fingerprint density at radius 2 is 2.20 bits per heavy atom. The lowest BCUT2D eigenvalue weighted by molar-refractivity contribution is -0.119. The van der Waals surface area contributed by atoms with Gasteiger partial charge in [0.25, 0.3) is 0 Å². The van der Waals surface area contributed by atoms with Gasteiger partial charge in [-0.15, -0.1) is 0 Å². The topological polar surface area (TPSA) is 69.6 Å². The molecular weight excluding hydrogens is 354 g/mol. The van der Waals surface area contributed by atoms with E-state index in [0.29, 0.717) is 15.2 Å². The number of nitrogens with one attached hydrogen (secondary N) is 1. The van der Waals surface area contributed by atoms with Gasteiger partial charge in [0.15, 0.2) is 0 Å². The van der Waals surface area contributed by atoms with Crippen LogP contribution < -0.4 is 5.32 Å². The van der Waals surface area contributed by atoms with Crippen LogP contribution in [0, 0.1) is 0 Å². The minimum Gasteiger partial charge on any atom is -0.465 e. The third-order valence-corrected chi connectivity index (χ3v) is 4.30. The fourth-order valence-electron chi connectivity index (χ4n) is 2.06. The van der Waals surface area contributed by atoms with Crippen molar-refractivity contribution in [3.05, 3.63) is 27.7 Å². The predicted octanol–water partition coefficient (Wildman–Crippen LogP) is 3.13. The highest BCUT2D eigenvalue weighted by Gasteiger charge is 2.40. The summed E-state index contributed by atoms with van der Waals surface area (Å²) in [6, 6.07) is 3.91. The first kappa shape index (κ1) is 15.1. The van der Waals surface area contributed by atoms with Crippen molar-refractivity contribution in [2.45, 2.75) is 18.6 Å². The molecule has 0 bridgehead atoms. The molecule has 0 aromatic heterocycles. The molecule has 2 amide bonds. The van der Waals surface area contributed by atoms with E-state index in [4.69, 9.17) is 16.7 Å². The molecule has 0 radical (unpaired) electrons. The number of benzene rings is 1. The monoisotopic (exact) mass is 364 g/mol. The Labute approximate surface area is 127 Å². The van der Waals surface area contributed by atoms with Crippen molar-refractivity contribution in [3.8, 4) is 0 Å². The third kappa shape index (κ3) is 3.04. The van der Waals surface area contributed by atoms with E-state index in [1.165, 1.54) is 0 Å². The molecule has 1 heterocycles. The Hall–Kier alpha value is -1.34. The molecule has 1 saturated heterocycles. The van der Waals surface area contributed by atoms with Crippen LogP contribution in [-0.2, 0) is 4.79 Å². The summed E-state index contributed by atoms with van der Waals surface area (Å²) in [4.78, 5) is 23.9. The molecule has 0 spiro atoms. The van der Waals surface area contributed by atoms with Gasteiger partial charge in [-0.05, 0) is 28.1 Å². The normalized spacial score (nSPS) is 21.9. The van der Waals surface area contributed by atoms with Gasteiger partial charge >= 0.3 is 6.09 Å². The van der Waals surface area contributed by atoms with E-state index < -0.39 is 24.2 Å². The molecule has 1 aromatic rings. The van der Waals surface area contributed by atoms with Crippen LogP contribution in [0.25, 0.3) is 0 Å². The van der Waals surface area contributed by atoms with Gasteiger partial charge in [-0.25, -0.2) is 9.18 Å². The van der Waals surface area contributed by atoms with Crippen LogP contribution in [0.3, 0.4) is 0 Å². The van der Waals surface area contributed by atoms with Gasteiger partial charge < -0.3 is 10.4 Å². The molecule has 2 N–H and O–H groups in total. The number of anilines is 1. The summed E-state index contributed by atoms with van der Waals surface area (Å²) in [5.74, 6) is -0.590.